The van der Waals surface area contributed by atoms with Crippen LogP contribution in [-0.4, -0.2) is 37.8 Å². The second-order valence-corrected chi connectivity index (χ2v) is 9.19. The molecule has 7 nitrogen and oxygen atoms in total. The van der Waals surface area contributed by atoms with E-state index in [4.69, 9.17) is 19.7 Å². The van der Waals surface area contributed by atoms with E-state index in [2.05, 4.69) is 49.9 Å². The van der Waals surface area contributed by atoms with Crippen molar-refractivity contribution in [1.29, 1.82) is 5.26 Å². The average molecular weight is 418 g/mol. The monoisotopic (exact) mass is 417 g/mol. The number of benzene rings is 1. The molecule has 0 unspecified atom stereocenters. The van der Waals surface area contributed by atoms with Gasteiger partial charge < -0.3 is 9.47 Å². The first-order valence-corrected chi connectivity index (χ1v) is 10.4. The van der Waals surface area contributed by atoms with Crippen LogP contribution in [0.1, 0.15) is 57.7 Å². The molecule has 3 aromatic rings. The van der Waals surface area contributed by atoms with Gasteiger partial charge >= 0.3 is 0 Å². The summed E-state index contributed by atoms with van der Waals surface area (Å²) in [5.74, 6) is 1.42. The quantitative estimate of drug-likeness (QED) is 0.614. The van der Waals surface area contributed by atoms with Crippen LogP contribution in [0.3, 0.4) is 0 Å². The fraction of sp³-hybridized carbons (Fsp3) is 0.417. The van der Waals surface area contributed by atoms with Gasteiger partial charge in [0.1, 0.15) is 6.33 Å². The van der Waals surface area contributed by atoms with Gasteiger partial charge in [-0.25, -0.2) is 15.0 Å². The molecule has 0 saturated carbocycles. The zero-order valence-corrected chi connectivity index (χ0v) is 18.6. The summed E-state index contributed by atoms with van der Waals surface area (Å²) in [5.41, 5.74) is 2.75. The van der Waals surface area contributed by atoms with Crippen LogP contribution < -0.4 is 4.74 Å². The average Bonchev–Trinajstić information content (AvgIpc) is 3.17. The summed E-state index contributed by atoms with van der Waals surface area (Å²) in [7, 11) is 1.59. The van der Waals surface area contributed by atoms with E-state index >= 15 is 0 Å². The number of hydrogen-bond acceptors (Lipinski definition) is 6. The highest BCUT2D eigenvalue weighted by molar-refractivity contribution is 5.64. The lowest BCUT2D eigenvalue weighted by atomic mass is 9.79. The molecule has 31 heavy (non-hydrogen) atoms. The molecule has 2 aromatic heterocycles. The molecule has 1 fully saturated rings. The number of hydrogen-bond donors (Lipinski definition) is 0. The summed E-state index contributed by atoms with van der Waals surface area (Å²) in [6, 6.07) is 9.61. The van der Waals surface area contributed by atoms with Gasteiger partial charge in [-0.15, -0.1) is 0 Å². The van der Waals surface area contributed by atoms with Crippen molar-refractivity contribution in [2.75, 3.05) is 7.11 Å². The molecule has 0 spiro atoms. The zero-order chi connectivity index (χ0) is 22.2. The maximum atomic E-state index is 9.16. The first-order valence-electron chi connectivity index (χ1n) is 10.4. The first-order chi connectivity index (χ1) is 14.7. The Kier molecular flexibility index (Phi) is 5.28. The lowest BCUT2D eigenvalue weighted by Crippen LogP contribution is -2.44. The molecule has 1 aromatic carbocycles. The maximum Gasteiger partial charge on any atom is 0.227 e. The highest BCUT2D eigenvalue weighted by atomic mass is 16.5. The molecular formula is C24H27N5O2. The molecule has 0 aliphatic carbocycles. The standard InChI is InChI=1S/C24H27N5O2/c1-23(2)10-17(11-24(3,4)31-23)20-14-29(18-8-6-16(12-25)7-9-18)21(28-20)19-13-26-15-27-22(19)30-5/h6-9,13-15,17H,10-11H2,1-5H3. The predicted octanol–water partition coefficient (Wildman–Crippen LogP) is 4.66. The Hall–Kier alpha value is -3.24. The molecule has 0 N–H and O–H groups in total. The Balaban J connectivity index is 1.85. The molecule has 3 heterocycles. The lowest BCUT2D eigenvalue weighted by Gasteiger charge is -2.45. The molecule has 0 atom stereocenters. The Labute approximate surface area is 182 Å². The molecule has 160 valence electrons. The van der Waals surface area contributed by atoms with Crippen molar-refractivity contribution in [3.63, 3.8) is 0 Å². The Morgan fingerprint density at radius 1 is 1.13 bits per heavy atom. The van der Waals surface area contributed by atoms with Gasteiger partial charge in [0, 0.05) is 24.0 Å². The van der Waals surface area contributed by atoms with Gasteiger partial charge in [-0.2, -0.15) is 5.26 Å². The molecule has 1 aliphatic rings. The van der Waals surface area contributed by atoms with Crippen LogP contribution in [0, 0.1) is 11.3 Å². The van der Waals surface area contributed by atoms with Crippen molar-refractivity contribution in [3.05, 3.63) is 54.2 Å². The zero-order valence-electron chi connectivity index (χ0n) is 18.6. The molecule has 0 radical (unpaired) electrons. The van der Waals surface area contributed by atoms with E-state index in [1.807, 2.05) is 16.7 Å². The molecule has 0 bridgehead atoms. The van der Waals surface area contributed by atoms with Gasteiger partial charge in [0.2, 0.25) is 5.88 Å². The minimum atomic E-state index is -0.238. The van der Waals surface area contributed by atoms with E-state index in [0.717, 1.165) is 24.2 Å². The SMILES string of the molecule is COc1ncncc1-c1nc(C2CC(C)(C)OC(C)(C)C2)cn1-c1ccc(C#N)cc1. The van der Waals surface area contributed by atoms with Crippen molar-refractivity contribution in [3.8, 4) is 29.0 Å². The third-order valence-electron chi connectivity index (χ3n) is 5.56. The fourth-order valence-electron chi connectivity index (χ4n) is 4.61. The van der Waals surface area contributed by atoms with Gasteiger partial charge in [-0.3, -0.25) is 4.57 Å². The highest BCUT2D eigenvalue weighted by Gasteiger charge is 2.41. The second kappa shape index (κ2) is 7.78. The number of rotatable bonds is 4. The van der Waals surface area contributed by atoms with Crippen LogP contribution in [0.2, 0.25) is 0 Å². The maximum absolute atomic E-state index is 9.16. The summed E-state index contributed by atoms with van der Waals surface area (Å²) in [5, 5.41) is 9.16. The molecule has 7 heteroatoms. The molecular weight excluding hydrogens is 390 g/mol. The predicted molar refractivity (Wildman–Crippen MR) is 117 cm³/mol. The Morgan fingerprint density at radius 3 is 2.42 bits per heavy atom. The number of methoxy groups -OCH3 is 1. The van der Waals surface area contributed by atoms with Crippen LogP contribution in [0.4, 0.5) is 0 Å². The van der Waals surface area contributed by atoms with Gasteiger partial charge in [0.05, 0.1) is 41.2 Å². The number of aromatic nitrogens is 4. The van der Waals surface area contributed by atoms with Gasteiger partial charge in [-0.05, 0) is 64.8 Å². The third-order valence-corrected chi connectivity index (χ3v) is 5.56. The van der Waals surface area contributed by atoms with E-state index in [0.29, 0.717) is 22.8 Å². The molecule has 1 saturated heterocycles. The highest BCUT2D eigenvalue weighted by Crippen LogP contribution is 2.44. The number of imidazole rings is 1. The number of nitriles is 1. The summed E-state index contributed by atoms with van der Waals surface area (Å²) in [6.07, 6.45) is 7.01. The van der Waals surface area contributed by atoms with Crippen molar-refractivity contribution < 1.29 is 9.47 Å². The van der Waals surface area contributed by atoms with Crippen molar-refractivity contribution in [2.24, 2.45) is 0 Å². The van der Waals surface area contributed by atoms with Crippen LogP contribution in [0.5, 0.6) is 5.88 Å². The van der Waals surface area contributed by atoms with Crippen LogP contribution >= 0.6 is 0 Å². The van der Waals surface area contributed by atoms with E-state index in [9.17, 15) is 0 Å². The minimum Gasteiger partial charge on any atom is -0.480 e. The third kappa shape index (κ3) is 4.30. The van der Waals surface area contributed by atoms with E-state index in [1.54, 1.807) is 25.4 Å². The largest absolute Gasteiger partial charge is 0.480 e. The normalized spacial score (nSPS) is 17.8. The summed E-state index contributed by atoms with van der Waals surface area (Å²) < 4.78 is 13.8. The fourth-order valence-corrected chi connectivity index (χ4v) is 4.61. The van der Waals surface area contributed by atoms with Crippen LogP contribution in [-0.2, 0) is 4.74 Å². The van der Waals surface area contributed by atoms with Crippen molar-refractivity contribution in [1.82, 2.24) is 19.5 Å². The van der Waals surface area contributed by atoms with Crippen molar-refractivity contribution in [2.45, 2.75) is 57.7 Å². The molecule has 1 aliphatic heterocycles. The molecule has 0 amide bonds. The van der Waals surface area contributed by atoms with Gasteiger partial charge in [0.15, 0.2) is 5.82 Å². The van der Waals surface area contributed by atoms with Crippen LogP contribution in [0.25, 0.3) is 17.1 Å². The van der Waals surface area contributed by atoms with Crippen molar-refractivity contribution >= 4 is 0 Å². The van der Waals surface area contributed by atoms with Crippen LogP contribution in [0.15, 0.2) is 43.0 Å². The second-order valence-electron chi connectivity index (χ2n) is 9.19. The summed E-state index contributed by atoms with van der Waals surface area (Å²) in [4.78, 5) is 13.5. The molecule has 4 rings (SSSR count). The minimum absolute atomic E-state index is 0.238. The first kappa shape index (κ1) is 21.0. The number of nitrogens with zero attached hydrogens (tertiary/aromatic N) is 5. The summed E-state index contributed by atoms with van der Waals surface area (Å²) in [6.45, 7) is 8.53. The Morgan fingerprint density at radius 2 is 1.81 bits per heavy atom. The summed E-state index contributed by atoms with van der Waals surface area (Å²) >= 11 is 0. The lowest BCUT2D eigenvalue weighted by molar-refractivity contribution is -0.162. The number of ether oxygens (including phenoxy) is 2. The van der Waals surface area contributed by atoms with E-state index in [1.165, 1.54) is 6.33 Å². The smallest absolute Gasteiger partial charge is 0.227 e. The Bertz CT molecular complexity index is 1110. The van der Waals surface area contributed by atoms with Gasteiger partial charge in [0.25, 0.3) is 0 Å². The van der Waals surface area contributed by atoms with E-state index < -0.39 is 0 Å². The van der Waals surface area contributed by atoms with Gasteiger partial charge in [-0.1, -0.05) is 0 Å². The van der Waals surface area contributed by atoms with E-state index in [-0.39, 0.29) is 17.1 Å². The topological polar surface area (TPSA) is 85.9 Å².